The molecule has 0 bridgehead atoms. The van der Waals surface area contributed by atoms with Crippen molar-refractivity contribution in [1.82, 2.24) is 0 Å². The SMILES string of the molecule is F[C](C(F)F)C(F)(F)C(F)(F)F. The third-order valence-electron chi connectivity index (χ3n) is 0.848. The Morgan fingerprint density at radius 1 is 0.917 bits per heavy atom. The molecule has 73 valence electrons. The molecule has 0 amide bonds. The van der Waals surface area contributed by atoms with Crippen molar-refractivity contribution in [2.45, 2.75) is 18.5 Å². The molecule has 0 atom stereocenters. The van der Waals surface area contributed by atoms with E-state index in [1.54, 1.807) is 0 Å². The predicted molar refractivity (Wildman–Crippen MR) is 21.4 cm³/mol. The summed E-state index contributed by atoms with van der Waals surface area (Å²) in [5.41, 5.74) is 0. The summed E-state index contributed by atoms with van der Waals surface area (Å²) < 4.78 is 90.0. The van der Waals surface area contributed by atoms with Crippen LogP contribution in [0.1, 0.15) is 0 Å². The van der Waals surface area contributed by atoms with E-state index in [-0.39, 0.29) is 0 Å². The minimum Gasteiger partial charge on any atom is -0.226 e. The molecule has 0 aliphatic heterocycles. The van der Waals surface area contributed by atoms with Crippen molar-refractivity contribution < 1.29 is 35.1 Å². The van der Waals surface area contributed by atoms with Crippen LogP contribution in [0.25, 0.3) is 0 Å². The molecular formula is C4HF8. The zero-order valence-corrected chi connectivity index (χ0v) is 5.10. The highest BCUT2D eigenvalue weighted by Crippen LogP contribution is 2.45. The molecule has 0 unspecified atom stereocenters. The fraction of sp³-hybridized carbons (Fsp3) is 0.750. The third kappa shape index (κ3) is 1.98. The van der Waals surface area contributed by atoms with Gasteiger partial charge in [0.1, 0.15) is 0 Å². The molecule has 12 heavy (non-hydrogen) atoms. The molecule has 0 aromatic carbocycles. The van der Waals surface area contributed by atoms with Crippen LogP contribution in [0, 0.1) is 6.17 Å². The van der Waals surface area contributed by atoms with Crippen molar-refractivity contribution in [2.24, 2.45) is 0 Å². The van der Waals surface area contributed by atoms with Gasteiger partial charge in [-0.1, -0.05) is 0 Å². The quantitative estimate of drug-likeness (QED) is 0.602. The first-order valence-corrected chi connectivity index (χ1v) is 2.36. The lowest BCUT2D eigenvalue weighted by atomic mass is 10.2. The van der Waals surface area contributed by atoms with Crippen molar-refractivity contribution in [1.29, 1.82) is 0 Å². The maximum Gasteiger partial charge on any atom is 0.457 e. The maximum atomic E-state index is 11.6. The Morgan fingerprint density at radius 2 is 1.25 bits per heavy atom. The second-order valence-electron chi connectivity index (χ2n) is 1.72. The lowest BCUT2D eigenvalue weighted by molar-refractivity contribution is -0.290. The van der Waals surface area contributed by atoms with E-state index in [1.807, 2.05) is 0 Å². The molecule has 0 fully saturated rings. The van der Waals surface area contributed by atoms with E-state index >= 15 is 0 Å². The van der Waals surface area contributed by atoms with Crippen LogP contribution in [0.3, 0.4) is 0 Å². The van der Waals surface area contributed by atoms with Crippen molar-refractivity contribution >= 4 is 0 Å². The molecule has 0 aromatic rings. The standard InChI is InChI=1S/C4HF8/c5-1(2(6)7)3(8,9)4(10,11)12/h2H. The molecule has 0 aromatic heterocycles. The lowest BCUT2D eigenvalue weighted by Gasteiger charge is -2.20. The van der Waals surface area contributed by atoms with Crippen molar-refractivity contribution in [3.05, 3.63) is 6.17 Å². The van der Waals surface area contributed by atoms with Crippen LogP contribution in [0.4, 0.5) is 35.1 Å². The minimum absolute atomic E-state index is 3.69. The number of halogens is 8. The van der Waals surface area contributed by atoms with Crippen molar-refractivity contribution in [3.63, 3.8) is 0 Å². The fourth-order valence-electron chi connectivity index (χ4n) is 0.272. The molecular weight excluding hydrogens is 200 g/mol. The highest BCUT2D eigenvalue weighted by Gasteiger charge is 2.67. The van der Waals surface area contributed by atoms with E-state index in [2.05, 4.69) is 0 Å². The average Bonchev–Trinajstić information content (AvgIpc) is 1.83. The van der Waals surface area contributed by atoms with Crippen LogP contribution in [0.15, 0.2) is 0 Å². The second kappa shape index (κ2) is 3.06. The molecule has 0 saturated carbocycles. The monoisotopic (exact) mass is 201 g/mol. The van der Waals surface area contributed by atoms with Crippen LogP contribution in [0.2, 0.25) is 0 Å². The minimum atomic E-state index is -6.33. The van der Waals surface area contributed by atoms with Crippen molar-refractivity contribution in [2.75, 3.05) is 0 Å². The molecule has 0 heterocycles. The number of hydrogen-bond acceptors (Lipinski definition) is 0. The van der Waals surface area contributed by atoms with E-state index in [1.165, 1.54) is 0 Å². The molecule has 1 radical (unpaired) electrons. The summed E-state index contributed by atoms with van der Waals surface area (Å²) in [4.78, 5) is 0. The maximum absolute atomic E-state index is 11.6. The normalized spacial score (nSPS) is 14.5. The van der Waals surface area contributed by atoms with Gasteiger partial charge in [-0.05, 0) is 0 Å². The molecule has 0 N–H and O–H groups in total. The Labute approximate surface area is 61.2 Å². The van der Waals surface area contributed by atoms with Gasteiger partial charge in [-0.2, -0.15) is 22.0 Å². The molecule has 8 heteroatoms. The van der Waals surface area contributed by atoms with Crippen LogP contribution in [-0.4, -0.2) is 18.5 Å². The first kappa shape index (κ1) is 11.4. The summed E-state index contributed by atoms with van der Waals surface area (Å²) in [6.45, 7) is 0. The van der Waals surface area contributed by atoms with E-state index < -0.39 is 24.7 Å². The van der Waals surface area contributed by atoms with Gasteiger partial charge in [0.2, 0.25) is 0 Å². The summed E-state index contributed by atoms with van der Waals surface area (Å²) in [5.74, 6) is -6.08. The first-order chi connectivity index (χ1) is 5.10. The predicted octanol–water partition coefficient (Wildman–Crippen LogP) is 2.95. The Bertz CT molecular complexity index is 146. The fourth-order valence-corrected chi connectivity index (χ4v) is 0.272. The van der Waals surface area contributed by atoms with Crippen LogP contribution < -0.4 is 0 Å². The van der Waals surface area contributed by atoms with E-state index in [0.29, 0.717) is 0 Å². The second-order valence-corrected chi connectivity index (χ2v) is 1.72. The molecule has 0 nitrogen and oxygen atoms in total. The highest BCUT2D eigenvalue weighted by atomic mass is 19.4. The van der Waals surface area contributed by atoms with E-state index in [9.17, 15) is 35.1 Å². The summed E-state index contributed by atoms with van der Waals surface area (Å²) >= 11 is 0. The van der Waals surface area contributed by atoms with Gasteiger partial charge in [-0.15, -0.1) is 0 Å². The highest BCUT2D eigenvalue weighted by molar-refractivity contribution is 5.00. The van der Waals surface area contributed by atoms with Gasteiger partial charge >= 0.3 is 12.1 Å². The van der Waals surface area contributed by atoms with Gasteiger partial charge < -0.3 is 0 Å². The van der Waals surface area contributed by atoms with Gasteiger partial charge in [0.15, 0.2) is 0 Å². The number of rotatable bonds is 2. The molecule has 0 spiro atoms. The molecule has 0 saturated heterocycles. The summed E-state index contributed by atoms with van der Waals surface area (Å²) in [6.07, 6.45) is -14.5. The largest absolute Gasteiger partial charge is 0.457 e. The van der Waals surface area contributed by atoms with Gasteiger partial charge in [0.05, 0.1) is 0 Å². The summed E-state index contributed by atoms with van der Waals surface area (Å²) in [6, 6.07) is 0. The number of hydrogen-bond donors (Lipinski definition) is 0. The van der Waals surface area contributed by atoms with E-state index in [0.717, 1.165) is 0 Å². The van der Waals surface area contributed by atoms with Gasteiger partial charge in [-0.25, -0.2) is 13.2 Å². The summed E-state index contributed by atoms with van der Waals surface area (Å²) in [5, 5.41) is 0. The smallest absolute Gasteiger partial charge is 0.226 e. The topological polar surface area (TPSA) is 0 Å². The summed E-state index contributed by atoms with van der Waals surface area (Å²) in [7, 11) is 0. The average molecular weight is 201 g/mol. The Hall–Kier alpha value is -0.560. The van der Waals surface area contributed by atoms with Crippen LogP contribution >= 0.6 is 0 Å². The van der Waals surface area contributed by atoms with Gasteiger partial charge in [-0.3, -0.25) is 0 Å². The van der Waals surface area contributed by atoms with Gasteiger partial charge in [0.25, 0.3) is 12.6 Å². The van der Waals surface area contributed by atoms with Gasteiger partial charge in [0, 0.05) is 0 Å². The van der Waals surface area contributed by atoms with Crippen molar-refractivity contribution in [3.8, 4) is 0 Å². The van der Waals surface area contributed by atoms with Crippen LogP contribution in [0.5, 0.6) is 0 Å². The Kier molecular flexibility index (Phi) is 2.92. The number of alkyl halides is 7. The first-order valence-electron chi connectivity index (χ1n) is 2.36. The van der Waals surface area contributed by atoms with E-state index in [4.69, 9.17) is 0 Å². The Balaban J connectivity index is 4.61. The Morgan fingerprint density at radius 3 is 1.33 bits per heavy atom. The lowest BCUT2D eigenvalue weighted by Crippen LogP contribution is -2.43. The third-order valence-corrected chi connectivity index (χ3v) is 0.848. The van der Waals surface area contributed by atoms with Crippen LogP contribution in [-0.2, 0) is 0 Å². The zero-order chi connectivity index (χ0) is 10.2. The molecule has 0 rings (SSSR count). The zero-order valence-electron chi connectivity index (χ0n) is 5.10. The molecule has 0 aliphatic rings. The molecule has 0 aliphatic carbocycles.